The number of hydrogen-bond donors (Lipinski definition) is 2. The average Bonchev–Trinajstić information content (AvgIpc) is 2.45. The van der Waals surface area contributed by atoms with E-state index >= 15 is 0 Å². The van der Waals surface area contributed by atoms with Crippen molar-refractivity contribution in [1.82, 2.24) is 0 Å². The lowest BCUT2D eigenvalue weighted by Crippen LogP contribution is -2.47. The van der Waals surface area contributed by atoms with Crippen LogP contribution in [-0.2, 0) is 0 Å². The van der Waals surface area contributed by atoms with Crippen molar-refractivity contribution >= 4 is 28.7 Å². The van der Waals surface area contributed by atoms with Gasteiger partial charge in [0.05, 0.1) is 17.1 Å². The van der Waals surface area contributed by atoms with Gasteiger partial charge in [0.25, 0.3) is 0 Å². The van der Waals surface area contributed by atoms with Crippen molar-refractivity contribution < 1.29 is 4.39 Å². The molecule has 1 aromatic rings. The normalized spacial score (nSPS) is 26.4. The van der Waals surface area contributed by atoms with Gasteiger partial charge >= 0.3 is 0 Å². The molecule has 2 atom stereocenters. The number of fused-ring (bicyclic) bond motifs is 1. The molecule has 2 aliphatic rings. The summed E-state index contributed by atoms with van der Waals surface area (Å²) in [6.45, 7) is 0.850. The number of nitrogen functional groups attached to an aromatic ring is 2. The van der Waals surface area contributed by atoms with Crippen molar-refractivity contribution in [3.8, 4) is 0 Å². The first-order valence-electron chi connectivity index (χ1n) is 7.39. The lowest BCUT2D eigenvalue weighted by Gasteiger charge is -2.46. The van der Waals surface area contributed by atoms with Crippen LogP contribution in [0.15, 0.2) is 6.07 Å². The van der Waals surface area contributed by atoms with Crippen molar-refractivity contribution in [2.45, 2.75) is 44.6 Å². The van der Waals surface area contributed by atoms with E-state index in [2.05, 4.69) is 4.90 Å². The van der Waals surface area contributed by atoms with Gasteiger partial charge in [-0.25, -0.2) is 4.39 Å². The molecule has 1 heterocycles. The van der Waals surface area contributed by atoms with E-state index in [1.54, 1.807) is 6.07 Å². The number of halogens is 2. The maximum absolute atomic E-state index is 14.5. The van der Waals surface area contributed by atoms with Gasteiger partial charge in [0, 0.05) is 12.6 Å². The maximum Gasteiger partial charge on any atom is 0.169 e. The Bertz CT molecular complexity index is 518. The second-order valence-corrected chi connectivity index (χ2v) is 6.36. The zero-order chi connectivity index (χ0) is 14.3. The van der Waals surface area contributed by atoms with E-state index in [1.807, 2.05) is 0 Å². The summed E-state index contributed by atoms with van der Waals surface area (Å²) in [6.07, 6.45) is 7.18. The molecule has 4 N–H and O–H groups in total. The predicted molar refractivity (Wildman–Crippen MR) is 82.6 cm³/mol. The molecule has 110 valence electrons. The van der Waals surface area contributed by atoms with Crippen LogP contribution in [0.5, 0.6) is 0 Å². The summed E-state index contributed by atoms with van der Waals surface area (Å²) in [6, 6.07) is 1.97. The summed E-state index contributed by atoms with van der Waals surface area (Å²) in [5.41, 5.74) is 12.8. The highest BCUT2D eigenvalue weighted by Gasteiger charge is 2.35. The van der Waals surface area contributed by atoms with Crippen molar-refractivity contribution in [2.75, 3.05) is 22.9 Å². The Kier molecular flexibility index (Phi) is 3.67. The molecule has 5 heteroatoms. The van der Waals surface area contributed by atoms with Crippen LogP contribution in [0.25, 0.3) is 0 Å². The molecule has 0 spiro atoms. The van der Waals surface area contributed by atoms with Crippen LogP contribution in [0, 0.1) is 11.7 Å². The first-order chi connectivity index (χ1) is 9.59. The Hall–Kier alpha value is -1.16. The van der Waals surface area contributed by atoms with Gasteiger partial charge in [-0.05, 0) is 37.7 Å². The highest BCUT2D eigenvalue weighted by atomic mass is 35.5. The third-order valence-corrected chi connectivity index (χ3v) is 5.15. The molecule has 2 fully saturated rings. The molecule has 1 aromatic carbocycles. The smallest absolute Gasteiger partial charge is 0.169 e. The van der Waals surface area contributed by atoms with Crippen LogP contribution in [0.4, 0.5) is 21.5 Å². The molecule has 0 amide bonds. The summed E-state index contributed by atoms with van der Waals surface area (Å²) in [4.78, 5) is 2.14. The van der Waals surface area contributed by atoms with E-state index in [-0.39, 0.29) is 10.7 Å². The summed E-state index contributed by atoms with van der Waals surface area (Å²) in [5, 5.41) is -0.00728. The lowest BCUT2D eigenvalue weighted by atomic mass is 9.78. The molecule has 0 unspecified atom stereocenters. The van der Waals surface area contributed by atoms with Gasteiger partial charge in [0.1, 0.15) is 5.02 Å². The second kappa shape index (κ2) is 5.32. The van der Waals surface area contributed by atoms with Crippen LogP contribution in [0.2, 0.25) is 5.02 Å². The fourth-order valence-corrected chi connectivity index (χ4v) is 4.00. The van der Waals surface area contributed by atoms with Gasteiger partial charge in [-0.2, -0.15) is 0 Å². The first kappa shape index (κ1) is 13.8. The third kappa shape index (κ3) is 2.20. The third-order valence-electron chi connectivity index (χ3n) is 4.77. The van der Waals surface area contributed by atoms with Crippen molar-refractivity contribution in [3.63, 3.8) is 0 Å². The summed E-state index contributed by atoms with van der Waals surface area (Å²) >= 11 is 5.97. The fraction of sp³-hybridized carbons (Fsp3) is 0.600. The average molecular weight is 298 g/mol. The Balaban J connectivity index is 2.01. The zero-order valence-corrected chi connectivity index (χ0v) is 12.3. The van der Waals surface area contributed by atoms with Gasteiger partial charge < -0.3 is 16.4 Å². The van der Waals surface area contributed by atoms with Gasteiger partial charge in [0.15, 0.2) is 5.82 Å². The molecule has 0 bridgehead atoms. The lowest BCUT2D eigenvalue weighted by molar-refractivity contribution is 0.243. The van der Waals surface area contributed by atoms with Crippen molar-refractivity contribution in [1.29, 1.82) is 0 Å². The molecule has 1 aliphatic carbocycles. The van der Waals surface area contributed by atoms with Crippen LogP contribution in [-0.4, -0.2) is 12.6 Å². The number of rotatable bonds is 1. The summed E-state index contributed by atoms with van der Waals surface area (Å²) in [5.74, 6) is 0.197. The van der Waals surface area contributed by atoms with Gasteiger partial charge in [-0.3, -0.25) is 0 Å². The van der Waals surface area contributed by atoms with Crippen molar-refractivity contribution in [3.05, 3.63) is 16.9 Å². The van der Waals surface area contributed by atoms with Gasteiger partial charge in [0.2, 0.25) is 0 Å². The van der Waals surface area contributed by atoms with E-state index in [0.717, 1.165) is 19.4 Å². The monoisotopic (exact) mass is 297 g/mol. The van der Waals surface area contributed by atoms with Crippen LogP contribution < -0.4 is 16.4 Å². The van der Waals surface area contributed by atoms with E-state index < -0.39 is 5.82 Å². The number of benzene rings is 1. The standard InChI is InChI=1S/C15H21ClFN3/c16-13-10(18)8-11(19)15(14(13)17)20-7-3-5-9-4-1-2-6-12(9)20/h8-9,12H,1-7,18-19H2/t9-,12-/m1/s1. The van der Waals surface area contributed by atoms with Crippen LogP contribution >= 0.6 is 11.6 Å². The maximum atomic E-state index is 14.5. The minimum atomic E-state index is -0.463. The van der Waals surface area contributed by atoms with Crippen LogP contribution in [0.3, 0.4) is 0 Å². The van der Waals surface area contributed by atoms with Crippen LogP contribution in [0.1, 0.15) is 38.5 Å². The topological polar surface area (TPSA) is 55.3 Å². The molecule has 1 saturated heterocycles. The largest absolute Gasteiger partial charge is 0.397 e. The molecule has 1 saturated carbocycles. The number of anilines is 3. The quantitative estimate of drug-likeness (QED) is 0.775. The Morgan fingerprint density at radius 3 is 2.60 bits per heavy atom. The molecular weight excluding hydrogens is 277 g/mol. The fourth-order valence-electron chi connectivity index (χ4n) is 3.85. The Morgan fingerprint density at radius 1 is 1.10 bits per heavy atom. The van der Waals surface area contributed by atoms with Crippen molar-refractivity contribution in [2.24, 2.45) is 5.92 Å². The number of nitrogens with two attached hydrogens (primary N) is 2. The molecule has 20 heavy (non-hydrogen) atoms. The summed E-state index contributed by atoms with van der Waals surface area (Å²) in [7, 11) is 0. The van der Waals surface area contributed by atoms with E-state index in [4.69, 9.17) is 23.1 Å². The highest BCUT2D eigenvalue weighted by molar-refractivity contribution is 6.33. The van der Waals surface area contributed by atoms with Gasteiger partial charge in [-0.15, -0.1) is 0 Å². The molecular formula is C15H21ClFN3. The molecule has 1 aliphatic heterocycles. The Morgan fingerprint density at radius 2 is 1.80 bits per heavy atom. The SMILES string of the molecule is Nc1cc(N)c(N2CCC[C@H]3CCCC[C@H]32)c(F)c1Cl. The summed E-state index contributed by atoms with van der Waals surface area (Å²) < 4.78 is 14.5. The number of piperidine rings is 1. The molecule has 3 rings (SSSR count). The minimum absolute atomic E-state index is 0.00728. The van der Waals surface area contributed by atoms with Gasteiger partial charge in [-0.1, -0.05) is 24.4 Å². The molecule has 3 nitrogen and oxygen atoms in total. The zero-order valence-electron chi connectivity index (χ0n) is 11.5. The minimum Gasteiger partial charge on any atom is -0.397 e. The molecule has 0 aromatic heterocycles. The second-order valence-electron chi connectivity index (χ2n) is 5.98. The van der Waals surface area contributed by atoms with E-state index in [1.165, 1.54) is 25.7 Å². The number of nitrogens with zero attached hydrogens (tertiary/aromatic N) is 1. The predicted octanol–water partition coefficient (Wildman–Crippen LogP) is 3.80. The Labute approximate surface area is 124 Å². The first-order valence-corrected chi connectivity index (χ1v) is 7.77. The van der Waals surface area contributed by atoms with E-state index in [9.17, 15) is 4.39 Å². The highest BCUT2D eigenvalue weighted by Crippen LogP contribution is 2.43. The number of hydrogen-bond acceptors (Lipinski definition) is 3. The molecule has 0 radical (unpaired) electrons. The van der Waals surface area contributed by atoms with E-state index in [0.29, 0.717) is 23.3 Å².